The number of hydrogen-bond acceptors (Lipinski definition) is 14. The summed E-state index contributed by atoms with van der Waals surface area (Å²) in [6.45, 7) is 90.3. The van der Waals surface area contributed by atoms with Crippen molar-refractivity contribution in [3.8, 4) is 0 Å². The molecule has 16 nitrogen and oxygen atoms in total. The van der Waals surface area contributed by atoms with Crippen LogP contribution in [-0.4, -0.2) is 145 Å². The minimum absolute atomic E-state index is 0.0509. The maximum absolute atomic E-state index is 10.9. The van der Waals surface area contributed by atoms with Crippen molar-refractivity contribution in [3.05, 3.63) is 49.3 Å². The van der Waals surface area contributed by atoms with Crippen molar-refractivity contribution in [3.63, 3.8) is 0 Å². The quantitative estimate of drug-likeness (QED) is 0.0753. The van der Waals surface area contributed by atoms with Crippen molar-refractivity contribution in [1.29, 1.82) is 0 Å². The van der Waals surface area contributed by atoms with Crippen LogP contribution in [0.25, 0.3) is 0 Å². The van der Waals surface area contributed by atoms with Crippen molar-refractivity contribution in [2.45, 2.75) is 322 Å². The van der Waals surface area contributed by atoms with Crippen LogP contribution in [0.2, 0.25) is 0 Å². The second kappa shape index (κ2) is 46.5. The van der Waals surface area contributed by atoms with Gasteiger partial charge in [-0.3, -0.25) is 33.6 Å². The van der Waals surface area contributed by atoms with Crippen LogP contribution < -0.4 is 16.0 Å². The van der Waals surface area contributed by atoms with Crippen molar-refractivity contribution < 1.29 is 55.1 Å². The average Bonchev–Trinajstić information content (AvgIpc) is 1.83. The molecule has 0 aliphatic carbocycles. The van der Waals surface area contributed by atoms with Gasteiger partial charge >= 0.3 is 0 Å². The summed E-state index contributed by atoms with van der Waals surface area (Å²) in [5.41, 5.74) is 1.24. The van der Waals surface area contributed by atoms with E-state index in [0.717, 1.165) is 48.2 Å². The minimum atomic E-state index is -3.07. The highest BCUT2D eigenvalue weighted by Crippen LogP contribution is 2.39. The fourth-order valence-corrected chi connectivity index (χ4v) is 11.8. The molecule has 6 aliphatic heterocycles. The van der Waals surface area contributed by atoms with E-state index in [1.807, 2.05) is 109 Å². The summed E-state index contributed by atoms with van der Waals surface area (Å²) >= 11 is 10.5. The van der Waals surface area contributed by atoms with Crippen LogP contribution in [0, 0.1) is 60.1 Å². The van der Waals surface area contributed by atoms with Gasteiger partial charge in [0.05, 0.1) is 40.3 Å². The number of hydrogen-bond donors (Lipinski definition) is 3. The molecule has 6 saturated heterocycles. The molecule has 0 saturated carbocycles. The van der Waals surface area contributed by atoms with Crippen LogP contribution in [0.15, 0.2) is 49.3 Å². The molecule has 103 heavy (non-hydrogen) atoms. The van der Waals surface area contributed by atoms with Gasteiger partial charge in [-0.25, -0.2) is 16.8 Å². The van der Waals surface area contributed by atoms with Crippen LogP contribution in [0.1, 0.15) is 288 Å². The number of ketones is 4. The number of amides is 3. The molecule has 6 rings (SSSR count). The number of carbonyl (C=O) groups is 7. The fraction of sp³-hybridized carbons (Fsp3) is 0.817. The lowest BCUT2D eigenvalue weighted by Crippen LogP contribution is -2.55. The Balaban J connectivity index is -0.000000249. The van der Waals surface area contributed by atoms with E-state index >= 15 is 0 Å². The monoisotopic (exact) mass is 1600 g/mol. The Morgan fingerprint density at radius 2 is 1.01 bits per heavy atom. The lowest BCUT2D eigenvalue weighted by Gasteiger charge is -2.42. The molecule has 3 amide bonds. The van der Waals surface area contributed by atoms with E-state index in [4.69, 9.17) is 16.3 Å². The fourth-order valence-electron chi connectivity index (χ4n) is 7.81. The van der Waals surface area contributed by atoms with E-state index in [1.165, 1.54) is 43.7 Å². The van der Waals surface area contributed by atoms with Crippen LogP contribution in [0.3, 0.4) is 0 Å². The predicted molar refractivity (Wildman–Crippen MR) is 448 cm³/mol. The summed E-state index contributed by atoms with van der Waals surface area (Å²) < 4.78 is 48.0. The second-order valence-corrected chi connectivity index (χ2v) is 47.1. The molecule has 3 N–H and O–H groups in total. The number of thioether (sulfide) groups is 1. The maximum atomic E-state index is 10.9. The highest BCUT2D eigenvalue weighted by molar-refractivity contribution is 9.09. The summed E-state index contributed by atoms with van der Waals surface area (Å²) in [6.07, 6.45) is 9.33. The molecule has 6 heterocycles. The Bertz CT molecular complexity index is 2700. The van der Waals surface area contributed by atoms with E-state index in [-0.39, 0.29) is 95.9 Å². The first-order valence-electron chi connectivity index (χ1n) is 36.3. The number of nitrogens with one attached hydrogen (secondary N) is 3. The topological polar surface area (TPSA) is 250 Å². The number of alkyl halides is 2. The van der Waals surface area contributed by atoms with Crippen LogP contribution >= 0.6 is 39.3 Å². The first-order valence-corrected chi connectivity index (χ1v) is 42.3. The number of β-lactam (4-membered cyclic amide) rings is 3. The summed E-state index contributed by atoms with van der Waals surface area (Å²) in [7, 11) is -6.09. The Labute approximate surface area is 651 Å². The van der Waals surface area contributed by atoms with Gasteiger partial charge in [-0.15, -0.1) is 11.6 Å². The zero-order valence-corrected chi connectivity index (χ0v) is 77.0. The van der Waals surface area contributed by atoms with E-state index in [0.29, 0.717) is 52.5 Å². The first-order chi connectivity index (χ1) is 45.2. The van der Waals surface area contributed by atoms with Crippen molar-refractivity contribution in [1.82, 2.24) is 20.9 Å². The number of ether oxygens (including phenoxy) is 1. The van der Waals surface area contributed by atoms with Gasteiger partial charge in [0.1, 0.15) is 5.78 Å². The number of sulfone groups is 2. The number of allylic oxidation sites excluding steroid dienone is 2. The van der Waals surface area contributed by atoms with Crippen molar-refractivity contribution >= 4 is 99.8 Å². The van der Waals surface area contributed by atoms with Crippen LogP contribution in [-0.2, 0) is 58.0 Å². The number of nitrogens with zero attached hydrogens (tertiary/aromatic N) is 1. The molecule has 5 atom stereocenters. The molecular weight excluding hydrogens is 1440 g/mol. The minimum Gasteiger partial charge on any atom is -0.373 e. The van der Waals surface area contributed by atoms with E-state index < -0.39 is 24.4 Å². The van der Waals surface area contributed by atoms with Gasteiger partial charge in [0.15, 0.2) is 37.0 Å². The Morgan fingerprint density at radius 3 is 1.07 bits per heavy atom. The smallest absolute Gasteiger partial charge is 0.225 e. The number of carbonyl (C=O) groups excluding carboxylic acids is 7. The van der Waals surface area contributed by atoms with Gasteiger partial charge in [0.2, 0.25) is 17.7 Å². The first kappa shape index (κ1) is 111. The molecule has 0 radical (unpaired) electrons. The van der Waals surface area contributed by atoms with Crippen LogP contribution in [0.5, 0.6) is 0 Å². The third-order valence-electron chi connectivity index (χ3n) is 14.8. The van der Waals surface area contributed by atoms with Crippen molar-refractivity contribution in [2.75, 3.05) is 49.0 Å². The summed E-state index contributed by atoms with van der Waals surface area (Å²) in [4.78, 5) is 76.8. The molecule has 21 heteroatoms. The number of halogens is 2. The molecule has 608 valence electrons. The molecule has 0 aromatic rings. The maximum Gasteiger partial charge on any atom is 0.225 e. The molecular formula is C82H156BrClN4O12S3. The summed E-state index contributed by atoms with van der Waals surface area (Å²) in [5.74, 6) is 3.22. The van der Waals surface area contributed by atoms with Gasteiger partial charge in [-0.2, -0.15) is 11.8 Å². The number of rotatable bonds is 11. The van der Waals surface area contributed by atoms with E-state index in [2.05, 4.69) is 195 Å². The zero-order valence-electron chi connectivity index (χ0n) is 72.3. The zero-order chi connectivity index (χ0) is 83.8. The largest absolute Gasteiger partial charge is 0.373 e. The molecule has 6 fully saturated rings. The highest BCUT2D eigenvalue weighted by atomic mass is 79.9. The van der Waals surface area contributed by atoms with Gasteiger partial charge in [-0.05, 0) is 111 Å². The molecule has 0 aromatic heterocycles. The second-order valence-electron chi connectivity index (χ2n) is 40.3. The molecule has 0 aromatic carbocycles. The molecule has 0 bridgehead atoms. The Morgan fingerprint density at radius 1 is 0.592 bits per heavy atom. The number of epoxide rings is 1. The highest BCUT2D eigenvalue weighted by Gasteiger charge is 2.38. The van der Waals surface area contributed by atoms with Gasteiger partial charge < -0.3 is 25.6 Å². The molecule has 6 aliphatic rings. The Kier molecular flexibility index (Phi) is 50.1. The third-order valence-corrected chi connectivity index (χ3v) is 20.5. The van der Waals surface area contributed by atoms with Gasteiger partial charge in [-0.1, -0.05) is 250 Å². The lowest BCUT2D eigenvalue weighted by molar-refractivity contribution is -0.146. The SMILES string of the molecule is C=CC(=O)C(C)(C)C.C=CC(=O)CC(C)(C)C.C=CS(=O)(=O)C(C)(C)C.C=CS(=O)(=O)CC(C)(C)C.CC(C)(C)C(=O)CBr.CC(C)(C)C(=O)CCl.CC(C)(C)C1CC(=O)N1.CC(C)(C)C1CNC1=O.CC(C)(C)CC1CN1.CC(C)(C)CC1CO1.CC(C)(C)CC1CS1.CC(C)(C)N1CCC1=O. The molecule has 0 spiro atoms. The number of Topliss-reactive ketones (excluding diaryl/α,β-unsaturated/α-hetero) is 2. The normalized spacial score (nSPS) is 19.0. The number of likely N-dealkylation sites (tertiary alicyclic amines) is 1. The molecule has 5 unspecified atom stereocenters. The standard InChI is InChI=1S/C8H14O.3C7H13NO.C7H15N.C7H14O2S.C7H14O.C7H12O.C7H14S.C6H11BrO.C6H11ClO.C6H12O2S/c1-5-7(9)6-8(2,3)4;1-7(2,3)5-4-8-6(5)9;1-7(2,3)8-5-4-6(8)9;1-7(2,3)5-4-6(9)8-5;1-7(2,3)4-6-5-8-6;1-5-10(8,9)6-7(2,3)4;1-7(2,3)4-6-5-8-6;1-5-6(8)7(2,3)4;1-7(2,3)4-6-5-8-6;2*1-6(2,3)5(8)4-7;1-5-9(7,8)6(2,3)4/h5H,1,6H2,2-4H3;5H,4H2,1-3H3,(H,8,9);4-5H2,1-3H3;5H,4H2,1-3H3,(H,8,9);6,8H,4-5H2,1-3H3;5H,1,6H2,2-4H3;6H,4-5H2,1-3H3;5H,1H2,2-4H3;6H,4-5H2,1-3H3;2*4H2,1-3H3;5H,1H2,2-4H3. The van der Waals surface area contributed by atoms with E-state index in [1.54, 1.807) is 20.8 Å². The third kappa shape index (κ3) is 68.0. The Hall–Kier alpha value is -3.01. The van der Waals surface area contributed by atoms with Gasteiger partial charge in [0.25, 0.3) is 0 Å². The van der Waals surface area contributed by atoms with Gasteiger partial charge in [0, 0.05) is 94.6 Å². The van der Waals surface area contributed by atoms with Crippen molar-refractivity contribution in [2.24, 2.45) is 60.1 Å². The summed E-state index contributed by atoms with van der Waals surface area (Å²) in [6, 6.07) is 1.25. The lowest BCUT2D eigenvalue weighted by atomic mass is 9.76. The summed E-state index contributed by atoms with van der Waals surface area (Å²) in [5, 5.41) is 12.3. The predicted octanol–water partition coefficient (Wildman–Crippen LogP) is 19.2. The van der Waals surface area contributed by atoms with Crippen LogP contribution in [0.4, 0.5) is 0 Å². The van der Waals surface area contributed by atoms with E-state index in [9.17, 15) is 50.4 Å². The average molecular weight is 1600 g/mol.